The fourth-order valence-corrected chi connectivity index (χ4v) is 0.680. The molecule has 0 saturated carbocycles. The minimum atomic E-state index is -3.67. The molecule has 0 radical (unpaired) electrons. The predicted octanol–water partition coefficient (Wildman–Crippen LogP) is 2.93. The van der Waals surface area contributed by atoms with Crippen molar-refractivity contribution in [3.05, 3.63) is 22.9 Å². The third-order valence-corrected chi connectivity index (χ3v) is 1.05. The molecular formula is C5H5F3S. The summed E-state index contributed by atoms with van der Waals surface area (Å²) >= 11 is 1.71. The predicted molar refractivity (Wildman–Crippen MR) is 31.4 cm³/mol. The summed E-state index contributed by atoms with van der Waals surface area (Å²) in [5, 5.41) is 4.08. The first-order chi connectivity index (χ1) is 4.23. The Morgan fingerprint density at radius 1 is 1.00 bits per heavy atom. The topological polar surface area (TPSA) is 0 Å². The van der Waals surface area contributed by atoms with Crippen molar-refractivity contribution in [2.24, 2.45) is 0 Å². The molecule has 0 bridgehead atoms. The Morgan fingerprint density at radius 2 is 1.33 bits per heavy atom. The first-order valence-electron chi connectivity index (χ1n) is 2.13. The van der Waals surface area contributed by atoms with Crippen molar-refractivity contribution in [2.75, 3.05) is 0 Å². The maximum Gasteiger partial charge on any atom is 0.379 e. The molecule has 0 atom stereocenters. The Kier molecular flexibility index (Phi) is 5.30. The Balaban J connectivity index is 0.000000148. The van der Waals surface area contributed by atoms with Gasteiger partial charge in [-0.3, -0.25) is 0 Å². The van der Waals surface area contributed by atoms with Gasteiger partial charge in [0, 0.05) is 0 Å². The van der Waals surface area contributed by atoms with Crippen LogP contribution in [-0.4, -0.2) is 6.68 Å². The third kappa shape index (κ3) is 11.2. The molecule has 0 aliphatic heterocycles. The van der Waals surface area contributed by atoms with Crippen LogP contribution < -0.4 is 0 Å². The van der Waals surface area contributed by atoms with Crippen molar-refractivity contribution in [1.29, 1.82) is 0 Å². The van der Waals surface area contributed by atoms with Gasteiger partial charge in [0.2, 0.25) is 0 Å². The van der Waals surface area contributed by atoms with Crippen LogP contribution in [0, 0.1) is 0 Å². The Labute approximate surface area is 54.9 Å². The fourth-order valence-electron chi connectivity index (χ4n) is 0.227. The summed E-state index contributed by atoms with van der Waals surface area (Å²) in [6, 6.07) is 4.04. The molecule has 1 aromatic rings. The van der Waals surface area contributed by atoms with Gasteiger partial charge in [-0.05, 0) is 10.8 Å². The summed E-state index contributed by atoms with van der Waals surface area (Å²) in [6.45, 7) is -3.67. The standard InChI is InChI=1S/C4H4S.CHF3/c1-2-4-5-3-1;2-1(3)4/h1-4H;1H. The van der Waals surface area contributed by atoms with Crippen LogP contribution >= 0.6 is 11.3 Å². The Morgan fingerprint density at radius 3 is 1.44 bits per heavy atom. The second-order valence-corrected chi connectivity index (χ2v) is 1.86. The van der Waals surface area contributed by atoms with Crippen molar-refractivity contribution < 1.29 is 13.2 Å². The van der Waals surface area contributed by atoms with E-state index in [0.29, 0.717) is 0 Å². The van der Waals surface area contributed by atoms with E-state index >= 15 is 0 Å². The van der Waals surface area contributed by atoms with Crippen LogP contribution in [-0.2, 0) is 0 Å². The zero-order chi connectivity index (χ0) is 7.11. The number of hydrogen-bond donors (Lipinski definition) is 0. The van der Waals surface area contributed by atoms with Crippen LogP contribution in [0.25, 0.3) is 0 Å². The van der Waals surface area contributed by atoms with Crippen LogP contribution in [0.4, 0.5) is 13.2 Å². The molecule has 0 aliphatic rings. The van der Waals surface area contributed by atoms with Gasteiger partial charge in [-0.2, -0.15) is 24.5 Å². The summed E-state index contributed by atoms with van der Waals surface area (Å²) < 4.78 is 29.0. The zero-order valence-corrected chi connectivity index (χ0v) is 5.25. The summed E-state index contributed by atoms with van der Waals surface area (Å²) in [4.78, 5) is 0. The van der Waals surface area contributed by atoms with E-state index in [1.165, 1.54) is 0 Å². The number of thiophene rings is 1. The van der Waals surface area contributed by atoms with Crippen LogP contribution in [0.1, 0.15) is 0 Å². The zero-order valence-electron chi connectivity index (χ0n) is 4.43. The van der Waals surface area contributed by atoms with E-state index in [4.69, 9.17) is 0 Å². The lowest BCUT2D eigenvalue weighted by Gasteiger charge is -1.65. The van der Waals surface area contributed by atoms with Crippen molar-refractivity contribution in [3.63, 3.8) is 0 Å². The fraction of sp³-hybridized carbons (Fsp3) is 0.200. The largest absolute Gasteiger partial charge is 0.379 e. The van der Waals surface area contributed by atoms with Crippen molar-refractivity contribution in [3.8, 4) is 0 Å². The number of halogens is 3. The van der Waals surface area contributed by atoms with Crippen molar-refractivity contribution in [2.45, 2.75) is 6.68 Å². The van der Waals surface area contributed by atoms with Gasteiger partial charge in [-0.1, -0.05) is 12.1 Å². The highest BCUT2D eigenvalue weighted by Gasteiger charge is 1.86. The molecular weight excluding hydrogens is 149 g/mol. The number of hydrogen-bond acceptors (Lipinski definition) is 1. The van der Waals surface area contributed by atoms with Crippen molar-refractivity contribution in [1.82, 2.24) is 0 Å². The molecule has 0 saturated heterocycles. The minimum absolute atomic E-state index is 1.71. The van der Waals surface area contributed by atoms with E-state index in [1.807, 2.05) is 22.9 Å². The molecule has 1 aromatic heterocycles. The van der Waals surface area contributed by atoms with Crippen LogP contribution in [0.5, 0.6) is 0 Å². The highest BCUT2D eigenvalue weighted by molar-refractivity contribution is 7.07. The van der Waals surface area contributed by atoms with Crippen molar-refractivity contribution >= 4 is 11.3 Å². The second kappa shape index (κ2) is 5.62. The average Bonchev–Trinajstić information content (AvgIpc) is 2.11. The molecule has 4 heteroatoms. The summed E-state index contributed by atoms with van der Waals surface area (Å²) in [5.41, 5.74) is 0. The molecule has 52 valence electrons. The van der Waals surface area contributed by atoms with E-state index in [0.717, 1.165) is 0 Å². The maximum absolute atomic E-state index is 9.67. The molecule has 1 rings (SSSR count). The normalized spacial score (nSPS) is 8.44. The molecule has 0 aromatic carbocycles. The molecule has 0 unspecified atom stereocenters. The maximum atomic E-state index is 9.67. The average molecular weight is 154 g/mol. The summed E-state index contributed by atoms with van der Waals surface area (Å²) in [7, 11) is 0. The molecule has 0 nitrogen and oxygen atoms in total. The number of alkyl halides is 3. The molecule has 1 heterocycles. The third-order valence-electron chi connectivity index (χ3n) is 0.425. The van der Waals surface area contributed by atoms with E-state index in [2.05, 4.69) is 0 Å². The van der Waals surface area contributed by atoms with Gasteiger partial charge in [-0.15, -0.1) is 0 Å². The molecule has 0 amide bonds. The van der Waals surface area contributed by atoms with Gasteiger partial charge in [-0.25, -0.2) is 0 Å². The van der Waals surface area contributed by atoms with E-state index in [-0.39, 0.29) is 0 Å². The van der Waals surface area contributed by atoms with Gasteiger partial charge in [0.1, 0.15) is 0 Å². The SMILES string of the molecule is FC(F)F.c1ccsc1. The monoisotopic (exact) mass is 154 g/mol. The smallest absolute Gasteiger partial charge is 0.174 e. The molecule has 0 aliphatic carbocycles. The van der Waals surface area contributed by atoms with Gasteiger partial charge in [0.25, 0.3) is 0 Å². The minimum Gasteiger partial charge on any atom is -0.174 e. The lowest BCUT2D eigenvalue weighted by molar-refractivity contribution is 0.00819. The summed E-state index contributed by atoms with van der Waals surface area (Å²) in [6.07, 6.45) is 0. The highest BCUT2D eigenvalue weighted by atomic mass is 32.1. The van der Waals surface area contributed by atoms with E-state index in [9.17, 15) is 13.2 Å². The lowest BCUT2D eigenvalue weighted by atomic mass is 10.7. The quantitative estimate of drug-likeness (QED) is 0.539. The first-order valence-corrected chi connectivity index (χ1v) is 3.07. The summed E-state index contributed by atoms with van der Waals surface area (Å²) in [5.74, 6) is 0. The number of rotatable bonds is 0. The van der Waals surface area contributed by atoms with E-state index < -0.39 is 6.68 Å². The molecule has 0 spiro atoms. The highest BCUT2D eigenvalue weighted by Crippen LogP contribution is 1.91. The molecule has 9 heavy (non-hydrogen) atoms. The Hall–Kier alpha value is -0.510. The van der Waals surface area contributed by atoms with E-state index in [1.54, 1.807) is 11.3 Å². The van der Waals surface area contributed by atoms with Gasteiger partial charge in [0.15, 0.2) is 0 Å². The first kappa shape index (κ1) is 8.49. The van der Waals surface area contributed by atoms with Crippen LogP contribution in [0.15, 0.2) is 22.9 Å². The van der Waals surface area contributed by atoms with Crippen LogP contribution in [0.3, 0.4) is 0 Å². The van der Waals surface area contributed by atoms with Gasteiger partial charge in [0.05, 0.1) is 0 Å². The second-order valence-electron chi connectivity index (χ2n) is 1.04. The molecule has 0 fully saturated rings. The molecule has 0 N–H and O–H groups in total. The lowest BCUT2D eigenvalue weighted by Crippen LogP contribution is -1.65. The Bertz CT molecular complexity index is 95.8. The van der Waals surface area contributed by atoms with Gasteiger partial charge >= 0.3 is 6.68 Å². The van der Waals surface area contributed by atoms with Gasteiger partial charge < -0.3 is 0 Å². The van der Waals surface area contributed by atoms with Crippen LogP contribution in [0.2, 0.25) is 0 Å².